The van der Waals surface area contributed by atoms with Gasteiger partial charge < -0.3 is 5.11 Å². The molecule has 3 fully saturated rings. The van der Waals surface area contributed by atoms with E-state index in [1.807, 2.05) is 19.1 Å². The molecule has 0 aromatic heterocycles. The lowest BCUT2D eigenvalue weighted by Gasteiger charge is -2.57. The minimum atomic E-state index is -3.65. The van der Waals surface area contributed by atoms with Crippen LogP contribution in [-0.2, 0) is 10.0 Å². The van der Waals surface area contributed by atoms with Crippen LogP contribution in [0.1, 0.15) is 70.8 Å². The molecule has 3 unspecified atom stereocenters. The topological polar surface area (TPSA) is 78.8 Å². The van der Waals surface area contributed by atoms with Crippen molar-refractivity contribution in [3.8, 4) is 0 Å². The van der Waals surface area contributed by atoms with Crippen molar-refractivity contribution in [1.82, 2.24) is 4.83 Å². The molecule has 0 amide bonds. The van der Waals surface area contributed by atoms with Crippen molar-refractivity contribution < 1.29 is 13.5 Å². The Morgan fingerprint density at radius 1 is 1.03 bits per heavy atom. The van der Waals surface area contributed by atoms with Gasteiger partial charge in [0.25, 0.3) is 10.0 Å². The van der Waals surface area contributed by atoms with Gasteiger partial charge in [-0.15, -0.1) is 0 Å². The van der Waals surface area contributed by atoms with E-state index < -0.39 is 10.0 Å². The number of nitrogens with zero attached hydrogens (tertiary/aromatic N) is 1. The first kappa shape index (κ1) is 22.1. The number of hydrazone groups is 1. The highest BCUT2D eigenvalue weighted by Crippen LogP contribution is 2.64. The van der Waals surface area contributed by atoms with Crippen LogP contribution in [0.3, 0.4) is 0 Å². The minimum absolute atomic E-state index is 0.0349. The van der Waals surface area contributed by atoms with Gasteiger partial charge in [0, 0.05) is 11.1 Å². The first-order valence-corrected chi connectivity index (χ1v) is 13.6. The standard InChI is InChI=1S/C26H36N2O3S/c1-17-4-7-20(8-5-17)32(30,31)28-27-24-11-10-22-21-9-6-18-16-19(29)12-14-25(18,2)23(21)13-15-26(22,24)3/h4-8,19,21-23,28-29H,9-16H2,1-3H3/b27-24+/t19-,21?,22?,23?,25-,26-/m0/s1. The fourth-order valence-corrected chi connectivity index (χ4v) is 8.33. The van der Waals surface area contributed by atoms with E-state index in [9.17, 15) is 13.5 Å². The smallest absolute Gasteiger partial charge is 0.276 e. The lowest BCUT2D eigenvalue weighted by molar-refractivity contribution is -0.0209. The van der Waals surface area contributed by atoms with Crippen LogP contribution < -0.4 is 4.83 Å². The number of hydrogen-bond acceptors (Lipinski definition) is 4. The van der Waals surface area contributed by atoms with Gasteiger partial charge in [0.05, 0.1) is 11.0 Å². The minimum Gasteiger partial charge on any atom is -0.393 e. The summed E-state index contributed by atoms with van der Waals surface area (Å²) in [7, 11) is -3.65. The Kier molecular flexibility index (Phi) is 5.33. The van der Waals surface area contributed by atoms with Crippen LogP contribution in [0.25, 0.3) is 0 Å². The SMILES string of the molecule is Cc1ccc(S(=O)(=O)N/N=C2\CCC3C4CC=C5C[C@@H](O)CC[C@]5(C)C4CC[C@]23C)cc1. The number of nitrogens with one attached hydrogen (secondary N) is 1. The molecule has 6 heteroatoms. The molecule has 0 saturated heterocycles. The zero-order chi connectivity index (χ0) is 22.7. The van der Waals surface area contributed by atoms with Crippen LogP contribution in [0, 0.1) is 35.5 Å². The molecule has 0 spiro atoms. The van der Waals surface area contributed by atoms with E-state index in [2.05, 4.69) is 29.9 Å². The maximum atomic E-state index is 12.8. The number of benzene rings is 1. The highest BCUT2D eigenvalue weighted by atomic mass is 32.2. The summed E-state index contributed by atoms with van der Waals surface area (Å²) < 4.78 is 25.5. The normalized spacial score (nSPS) is 40.2. The summed E-state index contributed by atoms with van der Waals surface area (Å²) >= 11 is 0. The maximum Gasteiger partial charge on any atom is 0.276 e. The van der Waals surface area contributed by atoms with Crippen molar-refractivity contribution in [1.29, 1.82) is 0 Å². The Labute approximate surface area is 192 Å². The second-order valence-electron chi connectivity index (χ2n) is 11.1. The molecule has 3 saturated carbocycles. The number of rotatable bonds is 3. The van der Waals surface area contributed by atoms with Gasteiger partial charge in [-0.3, -0.25) is 0 Å². The van der Waals surface area contributed by atoms with Gasteiger partial charge >= 0.3 is 0 Å². The molecule has 4 aliphatic carbocycles. The fraction of sp³-hybridized carbons (Fsp3) is 0.654. The second-order valence-corrected chi connectivity index (χ2v) is 12.8. The number of hydrogen-bond donors (Lipinski definition) is 2. The molecule has 0 radical (unpaired) electrons. The molecule has 0 heterocycles. The van der Waals surface area contributed by atoms with E-state index in [0.717, 1.165) is 62.6 Å². The number of aryl methyl sites for hydroxylation is 1. The van der Waals surface area contributed by atoms with E-state index in [4.69, 9.17) is 0 Å². The molecule has 174 valence electrons. The second kappa shape index (κ2) is 7.69. The van der Waals surface area contributed by atoms with Crippen LogP contribution in [-0.4, -0.2) is 25.3 Å². The predicted molar refractivity (Wildman–Crippen MR) is 127 cm³/mol. The van der Waals surface area contributed by atoms with Crippen molar-refractivity contribution in [3.63, 3.8) is 0 Å². The first-order valence-electron chi connectivity index (χ1n) is 12.2. The third kappa shape index (κ3) is 3.45. The molecular formula is C26H36N2O3S. The molecule has 0 bridgehead atoms. The van der Waals surface area contributed by atoms with E-state index in [1.54, 1.807) is 12.1 Å². The van der Waals surface area contributed by atoms with Crippen LogP contribution in [0.5, 0.6) is 0 Å². The Bertz CT molecular complexity index is 1060. The van der Waals surface area contributed by atoms with Crippen molar-refractivity contribution >= 4 is 15.7 Å². The Morgan fingerprint density at radius 3 is 2.47 bits per heavy atom. The lowest BCUT2D eigenvalue weighted by Crippen LogP contribution is -2.50. The zero-order valence-corrected chi connectivity index (χ0v) is 20.3. The van der Waals surface area contributed by atoms with Crippen molar-refractivity contribution in [2.75, 3.05) is 0 Å². The third-order valence-corrected chi connectivity index (χ3v) is 10.7. The summed E-state index contributed by atoms with van der Waals surface area (Å²) in [5.41, 5.74) is 3.72. The van der Waals surface area contributed by atoms with Crippen molar-refractivity contribution in [2.24, 2.45) is 33.7 Å². The highest BCUT2D eigenvalue weighted by Gasteiger charge is 2.57. The van der Waals surface area contributed by atoms with Gasteiger partial charge in [-0.1, -0.05) is 43.2 Å². The average Bonchev–Trinajstić information content (AvgIpc) is 3.09. The Morgan fingerprint density at radius 2 is 1.72 bits per heavy atom. The van der Waals surface area contributed by atoms with Crippen LogP contribution in [0.15, 0.2) is 45.9 Å². The monoisotopic (exact) mass is 456 g/mol. The molecule has 5 rings (SSSR count). The molecule has 0 aliphatic heterocycles. The van der Waals surface area contributed by atoms with Crippen LogP contribution in [0.4, 0.5) is 0 Å². The molecule has 1 aromatic carbocycles. The number of allylic oxidation sites excluding steroid dienone is 1. The summed E-state index contributed by atoms with van der Waals surface area (Å²) in [6.07, 6.45) is 10.4. The number of fused-ring (bicyclic) bond motifs is 5. The summed E-state index contributed by atoms with van der Waals surface area (Å²) in [5, 5.41) is 14.7. The van der Waals surface area contributed by atoms with E-state index in [1.165, 1.54) is 5.57 Å². The van der Waals surface area contributed by atoms with Gasteiger partial charge in [0.1, 0.15) is 0 Å². The van der Waals surface area contributed by atoms with Gasteiger partial charge in [-0.25, -0.2) is 4.83 Å². The first-order chi connectivity index (χ1) is 15.1. The zero-order valence-electron chi connectivity index (χ0n) is 19.5. The Balaban J connectivity index is 1.38. The molecule has 4 aliphatic rings. The van der Waals surface area contributed by atoms with Crippen LogP contribution in [0.2, 0.25) is 0 Å². The molecular weight excluding hydrogens is 420 g/mol. The summed E-state index contributed by atoms with van der Waals surface area (Å²) in [6, 6.07) is 6.89. The van der Waals surface area contributed by atoms with E-state index in [-0.39, 0.29) is 21.8 Å². The summed E-state index contributed by atoms with van der Waals surface area (Å²) in [4.78, 5) is 2.80. The summed E-state index contributed by atoms with van der Waals surface area (Å²) in [5.74, 6) is 1.83. The van der Waals surface area contributed by atoms with Gasteiger partial charge in [-0.05, 0) is 93.6 Å². The Hall–Kier alpha value is -1.66. The average molecular weight is 457 g/mol. The van der Waals surface area contributed by atoms with E-state index in [0.29, 0.717) is 17.8 Å². The van der Waals surface area contributed by atoms with Crippen molar-refractivity contribution in [2.45, 2.75) is 83.1 Å². The maximum absolute atomic E-state index is 12.8. The van der Waals surface area contributed by atoms with Crippen LogP contribution >= 0.6 is 0 Å². The highest BCUT2D eigenvalue weighted by molar-refractivity contribution is 7.89. The molecule has 2 N–H and O–H groups in total. The largest absolute Gasteiger partial charge is 0.393 e. The van der Waals surface area contributed by atoms with Gasteiger partial charge in [-0.2, -0.15) is 13.5 Å². The van der Waals surface area contributed by atoms with Gasteiger partial charge in [0.2, 0.25) is 0 Å². The molecule has 5 nitrogen and oxygen atoms in total. The summed E-state index contributed by atoms with van der Waals surface area (Å²) in [6.45, 7) is 6.69. The lowest BCUT2D eigenvalue weighted by atomic mass is 9.48. The van der Waals surface area contributed by atoms with E-state index >= 15 is 0 Å². The van der Waals surface area contributed by atoms with Crippen molar-refractivity contribution in [3.05, 3.63) is 41.5 Å². The quantitative estimate of drug-likeness (QED) is 0.499. The van der Waals surface area contributed by atoms with Gasteiger partial charge in [0.15, 0.2) is 0 Å². The molecule has 1 aromatic rings. The predicted octanol–water partition coefficient (Wildman–Crippen LogP) is 4.95. The number of aliphatic hydroxyl groups is 1. The third-order valence-electron chi connectivity index (χ3n) is 9.45. The fourth-order valence-electron chi connectivity index (χ4n) is 7.50. The number of sulfonamides is 1. The molecule has 32 heavy (non-hydrogen) atoms. The number of aliphatic hydroxyl groups excluding tert-OH is 1. The molecule has 6 atom stereocenters.